The molecular formula is C13H12BrN3O4. The number of fused-ring (bicyclic) bond motifs is 1. The maximum Gasteiger partial charge on any atom is 0.354 e. The minimum absolute atomic E-state index is 0.0247. The third-order valence-corrected chi connectivity index (χ3v) is 3.26. The molecule has 2 rings (SSSR count). The van der Waals surface area contributed by atoms with Crippen molar-refractivity contribution in [2.75, 3.05) is 19.5 Å². The Bertz CT molecular complexity index is 723. The molecule has 1 aromatic heterocycles. The van der Waals surface area contributed by atoms with Crippen LogP contribution in [0, 0.1) is 0 Å². The van der Waals surface area contributed by atoms with Crippen molar-refractivity contribution in [3.8, 4) is 0 Å². The van der Waals surface area contributed by atoms with Crippen molar-refractivity contribution >= 4 is 44.5 Å². The molecule has 1 aromatic carbocycles. The second kappa shape index (κ2) is 6.40. The molecule has 0 atom stereocenters. The number of benzene rings is 1. The fourth-order valence-electron chi connectivity index (χ4n) is 1.64. The second-order valence-corrected chi connectivity index (χ2v) is 4.76. The van der Waals surface area contributed by atoms with E-state index in [1.165, 1.54) is 14.2 Å². The number of methoxy groups -OCH3 is 2. The number of carbonyl (C=O) groups is 2. The van der Waals surface area contributed by atoms with Crippen LogP contribution < -0.4 is 5.32 Å². The Morgan fingerprint density at radius 2 is 2.10 bits per heavy atom. The number of hydrogen-bond acceptors (Lipinski definition) is 6. The van der Waals surface area contributed by atoms with Gasteiger partial charge in [-0.3, -0.25) is 5.10 Å². The molecule has 0 saturated heterocycles. The highest BCUT2D eigenvalue weighted by atomic mass is 79.9. The van der Waals surface area contributed by atoms with Gasteiger partial charge in [0.2, 0.25) is 0 Å². The Hall–Kier alpha value is -2.35. The lowest BCUT2D eigenvalue weighted by Crippen LogP contribution is -2.15. The molecular weight excluding hydrogens is 342 g/mol. The number of anilines is 1. The van der Waals surface area contributed by atoms with Crippen LogP contribution in [0.1, 0.15) is 0 Å². The molecule has 110 valence electrons. The van der Waals surface area contributed by atoms with Gasteiger partial charge in [0.1, 0.15) is 10.3 Å². The van der Waals surface area contributed by atoms with Crippen LogP contribution in [0.5, 0.6) is 0 Å². The Morgan fingerprint density at radius 1 is 1.33 bits per heavy atom. The van der Waals surface area contributed by atoms with E-state index in [0.717, 1.165) is 21.6 Å². The number of H-pyrrole nitrogens is 1. The van der Waals surface area contributed by atoms with Crippen molar-refractivity contribution in [3.05, 3.63) is 34.6 Å². The molecule has 0 fully saturated rings. The SMILES string of the molecule is COC(=O)/C=C(/Nc1ccc2n[nH]c(Br)c2c1)C(=O)OC. The van der Waals surface area contributed by atoms with Crippen molar-refractivity contribution in [2.45, 2.75) is 0 Å². The van der Waals surface area contributed by atoms with Crippen molar-refractivity contribution in [2.24, 2.45) is 0 Å². The maximum atomic E-state index is 11.7. The van der Waals surface area contributed by atoms with Gasteiger partial charge < -0.3 is 14.8 Å². The molecule has 0 aliphatic rings. The summed E-state index contributed by atoms with van der Waals surface area (Å²) in [5, 5.41) is 10.5. The molecule has 0 bridgehead atoms. The standard InChI is InChI=1S/C13H12BrN3O4/c1-20-11(18)6-10(13(19)21-2)15-7-3-4-9-8(5-7)12(14)17-16-9/h3-6,15H,1-2H3,(H,16,17)/b10-6+. The molecule has 0 unspecified atom stereocenters. The quantitative estimate of drug-likeness (QED) is 0.644. The predicted octanol–water partition coefficient (Wildman–Crippen LogP) is 1.97. The summed E-state index contributed by atoms with van der Waals surface area (Å²) < 4.78 is 9.85. The molecule has 21 heavy (non-hydrogen) atoms. The van der Waals surface area contributed by atoms with Gasteiger partial charge in [0.05, 0.1) is 25.8 Å². The van der Waals surface area contributed by atoms with Gasteiger partial charge in [-0.1, -0.05) is 0 Å². The van der Waals surface area contributed by atoms with Gasteiger partial charge in [-0.2, -0.15) is 5.10 Å². The molecule has 0 aliphatic carbocycles. The number of halogens is 1. The number of ether oxygens (including phenoxy) is 2. The van der Waals surface area contributed by atoms with Gasteiger partial charge in [0, 0.05) is 11.1 Å². The molecule has 0 amide bonds. The lowest BCUT2D eigenvalue weighted by atomic mass is 10.2. The highest BCUT2D eigenvalue weighted by Gasteiger charge is 2.13. The first-order chi connectivity index (χ1) is 10.0. The van der Waals surface area contributed by atoms with Gasteiger partial charge in [0.15, 0.2) is 0 Å². The van der Waals surface area contributed by atoms with Gasteiger partial charge in [0.25, 0.3) is 0 Å². The molecule has 0 aliphatic heterocycles. The Kier molecular flexibility index (Phi) is 4.59. The van der Waals surface area contributed by atoms with E-state index in [1.807, 2.05) is 0 Å². The van der Waals surface area contributed by atoms with Crippen LogP contribution in [0.2, 0.25) is 0 Å². The number of nitrogens with one attached hydrogen (secondary N) is 2. The van der Waals surface area contributed by atoms with E-state index in [0.29, 0.717) is 5.69 Å². The monoisotopic (exact) mass is 353 g/mol. The van der Waals surface area contributed by atoms with E-state index in [9.17, 15) is 9.59 Å². The highest BCUT2D eigenvalue weighted by Crippen LogP contribution is 2.24. The Morgan fingerprint density at radius 3 is 2.76 bits per heavy atom. The van der Waals surface area contributed by atoms with Gasteiger partial charge in [-0.25, -0.2) is 9.59 Å². The number of aromatic amines is 1. The molecule has 8 heteroatoms. The predicted molar refractivity (Wildman–Crippen MR) is 79.5 cm³/mol. The van der Waals surface area contributed by atoms with Crippen LogP contribution in [0.4, 0.5) is 5.69 Å². The average Bonchev–Trinajstić information content (AvgIpc) is 2.86. The summed E-state index contributed by atoms with van der Waals surface area (Å²) in [6.45, 7) is 0. The maximum absolute atomic E-state index is 11.7. The molecule has 2 aromatic rings. The third kappa shape index (κ3) is 3.40. The number of esters is 2. The zero-order chi connectivity index (χ0) is 15.4. The lowest BCUT2D eigenvalue weighted by molar-refractivity contribution is -0.138. The summed E-state index contributed by atoms with van der Waals surface area (Å²) in [6.07, 6.45) is 1.03. The fourth-order valence-corrected chi connectivity index (χ4v) is 2.05. The summed E-state index contributed by atoms with van der Waals surface area (Å²) in [6, 6.07) is 5.27. The zero-order valence-corrected chi connectivity index (χ0v) is 12.9. The number of hydrogen-bond donors (Lipinski definition) is 2. The van der Waals surface area contributed by atoms with E-state index in [1.54, 1.807) is 18.2 Å². The number of aromatic nitrogens is 2. The van der Waals surface area contributed by atoms with E-state index in [2.05, 4.69) is 40.9 Å². The number of nitrogens with zero attached hydrogens (tertiary/aromatic N) is 1. The van der Waals surface area contributed by atoms with E-state index < -0.39 is 11.9 Å². The highest BCUT2D eigenvalue weighted by molar-refractivity contribution is 9.10. The summed E-state index contributed by atoms with van der Waals surface area (Å²) in [5.74, 6) is -1.33. The van der Waals surface area contributed by atoms with Crippen molar-refractivity contribution in [1.29, 1.82) is 0 Å². The molecule has 7 nitrogen and oxygen atoms in total. The molecule has 0 spiro atoms. The van der Waals surface area contributed by atoms with Crippen molar-refractivity contribution in [3.63, 3.8) is 0 Å². The minimum atomic E-state index is -0.674. The van der Waals surface area contributed by atoms with E-state index in [4.69, 9.17) is 0 Å². The first kappa shape index (κ1) is 15.0. The normalized spacial score (nSPS) is 11.3. The summed E-state index contributed by atoms with van der Waals surface area (Å²) in [5.41, 5.74) is 1.34. The largest absolute Gasteiger partial charge is 0.466 e. The molecule has 0 radical (unpaired) electrons. The van der Waals surface area contributed by atoms with Crippen LogP contribution >= 0.6 is 15.9 Å². The van der Waals surface area contributed by atoms with E-state index in [-0.39, 0.29) is 5.70 Å². The van der Waals surface area contributed by atoms with Crippen LogP contribution in [-0.2, 0) is 19.1 Å². The Balaban J connectivity index is 2.33. The third-order valence-electron chi connectivity index (χ3n) is 2.66. The van der Waals surface area contributed by atoms with Gasteiger partial charge in [-0.15, -0.1) is 0 Å². The molecule has 0 saturated carbocycles. The first-order valence-electron chi connectivity index (χ1n) is 5.83. The molecule has 1 heterocycles. The van der Waals surface area contributed by atoms with Gasteiger partial charge >= 0.3 is 11.9 Å². The Labute approximate surface area is 128 Å². The first-order valence-corrected chi connectivity index (χ1v) is 6.63. The fraction of sp³-hybridized carbons (Fsp3) is 0.154. The van der Waals surface area contributed by atoms with Crippen molar-refractivity contribution < 1.29 is 19.1 Å². The van der Waals surface area contributed by atoms with Crippen LogP contribution in [-0.4, -0.2) is 36.4 Å². The van der Waals surface area contributed by atoms with E-state index >= 15 is 0 Å². The average molecular weight is 354 g/mol. The second-order valence-electron chi connectivity index (χ2n) is 3.97. The number of rotatable bonds is 4. The zero-order valence-electron chi connectivity index (χ0n) is 11.3. The van der Waals surface area contributed by atoms with Crippen LogP contribution in [0.25, 0.3) is 10.9 Å². The topological polar surface area (TPSA) is 93.3 Å². The minimum Gasteiger partial charge on any atom is -0.466 e. The van der Waals surface area contributed by atoms with Gasteiger partial charge in [-0.05, 0) is 34.1 Å². The summed E-state index contributed by atoms with van der Waals surface area (Å²) in [4.78, 5) is 22.9. The smallest absolute Gasteiger partial charge is 0.354 e. The molecule has 2 N–H and O–H groups in total. The number of carbonyl (C=O) groups excluding carboxylic acids is 2. The van der Waals surface area contributed by atoms with Crippen LogP contribution in [0.3, 0.4) is 0 Å². The van der Waals surface area contributed by atoms with Crippen LogP contribution in [0.15, 0.2) is 34.6 Å². The summed E-state index contributed by atoms with van der Waals surface area (Å²) >= 11 is 3.34. The lowest BCUT2D eigenvalue weighted by Gasteiger charge is -2.09. The van der Waals surface area contributed by atoms with Crippen molar-refractivity contribution in [1.82, 2.24) is 10.2 Å². The summed E-state index contributed by atoms with van der Waals surface area (Å²) in [7, 11) is 2.45.